The summed E-state index contributed by atoms with van der Waals surface area (Å²) in [6.45, 7) is 4.33. The Hall–Kier alpha value is -1.04. The molecule has 0 aromatic rings. The standard InChI is InChI=1S/C10H13BrO5/c1-5-9(15-6(2)12)10(16-7(3)13)8(11)4-14-5/h4-5,9-10H,1-3H3/t5-,9-,10-/m0/s1. The minimum atomic E-state index is -0.648. The van der Waals surface area contributed by atoms with Crippen molar-refractivity contribution >= 4 is 27.9 Å². The van der Waals surface area contributed by atoms with E-state index in [1.807, 2.05) is 0 Å². The molecule has 0 aromatic carbocycles. The van der Waals surface area contributed by atoms with Crippen molar-refractivity contribution in [1.82, 2.24) is 0 Å². The number of ether oxygens (including phenoxy) is 3. The summed E-state index contributed by atoms with van der Waals surface area (Å²) >= 11 is 3.21. The summed E-state index contributed by atoms with van der Waals surface area (Å²) in [5.41, 5.74) is 0. The quantitative estimate of drug-likeness (QED) is 0.722. The van der Waals surface area contributed by atoms with Crippen molar-refractivity contribution in [2.24, 2.45) is 0 Å². The molecule has 5 nitrogen and oxygen atoms in total. The number of carbonyl (C=O) groups excluding carboxylic acids is 2. The van der Waals surface area contributed by atoms with Gasteiger partial charge >= 0.3 is 11.9 Å². The van der Waals surface area contributed by atoms with Crippen molar-refractivity contribution in [1.29, 1.82) is 0 Å². The Morgan fingerprint density at radius 3 is 2.38 bits per heavy atom. The maximum Gasteiger partial charge on any atom is 0.303 e. The first kappa shape index (κ1) is 13.0. The molecule has 1 aliphatic heterocycles. The van der Waals surface area contributed by atoms with E-state index < -0.39 is 24.1 Å². The van der Waals surface area contributed by atoms with Crippen LogP contribution in [0.15, 0.2) is 10.7 Å². The lowest BCUT2D eigenvalue weighted by Crippen LogP contribution is -2.45. The maximum atomic E-state index is 10.9. The van der Waals surface area contributed by atoms with E-state index in [1.165, 1.54) is 20.1 Å². The Labute approximate surface area is 102 Å². The largest absolute Gasteiger partial charge is 0.493 e. The van der Waals surface area contributed by atoms with Gasteiger partial charge in [0.2, 0.25) is 0 Å². The van der Waals surface area contributed by atoms with Gasteiger partial charge in [-0.25, -0.2) is 0 Å². The Morgan fingerprint density at radius 2 is 1.88 bits per heavy atom. The van der Waals surface area contributed by atoms with E-state index in [4.69, 9.17) is 14.2 Å². The van der Waals surface area contributed by atoms with Gasteiger partial charge in [0, 0.05) is 13.8 Å². The Morgan fingerprint density at radius 1 is 1.31 bits per heavy atom. The van der Waals surface area contributed by atoms with Crippen LogP contribution in [0.1, 0.15) is 20.8 Å². The van der Waals surface area contributed by atoms with Crippen LogP contribution in [0.3, 0.4) is 0 Å². The van der Waals surface area contributed by atoms with Gasteiger partial charge in [-0.1, -0.05) is 0 Å². The summed E-state index contributed by atoms with van der Waals surface area (Å²) in [7, 11) is 0. The van der Waals surface area contributed by atoms with Crippen LogP contribution < -0.4 is 0 Å². The van der Waals surface area contributed by atoms with Crippen molar-refractivity contribution in [3.05, 3.63) is 10.7 Å². The number of hydrogen-bond acceptors (Lipinski definition) is 5. The number of halogens is 1. The highest BCUT2D eigenvalue weighted by molar-refractivity contribution is 9.11. The van der Waals surface area contributed by atoms with Crippen LogP contribution in [0.25, 0.3) is 0 Å². The average Bonchev–Trinajstić information content (AvgIpc) is 2.16. The van der Waals surface area contributed by atoms with Gasteiger partial charge in [0.15, 0.2) is 12.2 Å². The molecule has 0 saturated heterocycles. The number of esters is 2. The first-order valence-electron chi connectivity index (χ1n) is 4.77. The zero-order valence-electron chi connectivity index (χ0n) is 9.23. The topological polar surface area (TPSA) is 61.8 Å². The fourth-order valence-electron chi connectivity index (χ4n) is 1.37. The lowest BCUT2D eigenvalue weighted by Gasteiger charge is -2.33. The molecule has 6 heteroatoms. The van der Waals surface area contributed by atoms with Crippen LogP contribution in [-0.2, 0) is 23.8 Å². The summed E-state index contributed by atoms with van der Waals surface area (Å²) in [4.78, 5) is 21.9. The zero-order valence-corrected chi connectivity index (χ0v) is 10.8. The van der Waals surface area contributed by atoms with Crippen LogP contribution in [-0.4, -0.2) is 30.3 Å². The van der Waals surface area contributed by atoms with Gasteiger partial charge in [0.1, 0.15) is 6.10 Å². The normalized spacial score (nSPS) is 28.8. The minimum absolute atomic E-state index is 0.366. The minimum Gasteiger partial charge on any atom is -0.493 e. The average molecular weight is 293 g/mol. The predicted octanol–water partition coefficient (Wildman–Crippen LogP) is 1.50. The van der Waals surface area contributed by atoms with Crippen molar-refractivity contribution in [3.8, 4) is 0 Å². The molecule has 0 amide bonds. The molecule has 1 heterocycles. The molecule has 0 bridgehead atoms. The van der Waals surface area contributed by atoms with Crippen LogP contribution in [0.5, 0.6) is 0 Å². The van der Waals surface area contributed by atoms with Gasteiger partial charge in [-0.2, -0.15) is 0 Å². The van der Waals surface area contributed by atoms with E-state index in [1.54, 1.807) is 6.92 Å². The molecule has 0 aromatic heterocycles. The summed E-state index contributed by atoms with van der Waals surface area (Å²) in [6.07, 6.45) is -0.210. The van der Waals surface area contributed by atoms with Crippen LogP contribution >= 0.6 is 15.9 Å². The number of carbonyl (C=O) groups is 2. The highest BCUT2D eigenvalue weighted by Gasteiger charge is 2.38. The molecule has 0 unspecified atom stereocenters. The van der Waals surface area contributed by atoms with Crippen LogP contribution in [0.2, 0.25) is 0 Å². The molecule has 1 aliphatic rings. The SMILES string of the molecule is CC(=O)O[C@H]1[C@H](C)OC=C(Br)[C@@H]1OC(C)=O. The molecule has 0 N–H and O–H groups in total. The fourth-order valence-corrected chi connectivity index (χ4v) is 1.83. The van der Waals surface area contributed by atoms with Gasteiger partial charge < -0.3 is 14.2 Å². The summed E-state index contributed by atoms with van der Waals surface area (Å²) in [6, 6.07) is 0. The lowest BCUT2D eigenvalue weighted by atomic mass is 10.1. The third kappa shape index (κ3) is 3.23. The zero-order chi connectivity index (χ0) is 12.3. The molecule has 0 saturated carbocycles. The summed E-state index contributed by atoms with van der Waals surface area (Å²) < 4.78 is 15.9. The molecule has 90 valence electrons. The molecule has 0 radical (unpaired) electrons. The van der Waals surface area contributed by atoms with E-state index in [9.17, 15) is 9.59 Å². The van der Waals surface area contributed by atoms with Gasteiger partial charge in [-0.15, -0.1) is 0 Å². The second-order valence-electron chi connectivity index (χ2n) is 3.45. The van der Waals surface area contributed by atoms with Crippen molar-refractivity contribution in [2.45, 2.75) is 39.1 Å². The van der Waals surface area contributed by atoms with E-state index in [0.29, 0.717) is 4.48 Å². The van der Waals surface area contributed by atoms with E-state index in [2.05, 4.69) is 15.9 Å². The first-order valence-corrected chi connectivity index (χ1v) is 5.56. The van der Waals surface area contributed by atoms with Gasteiger partial charge in [-0.3, -0.25) is 9.59 Å². The maximum absolute atomic E-state index is 10.9. The van der Waals surface area contributed by atoms with Crippen molar-refractivity contribution < 1.29 is 23.8 Å². The van der Waals surface area contributed by atoms with Crippen molar-refractivity contribution in [3.63, 3.8) is 0 Å². The van der Waals surface area contributed by atoms with Gasteiger partial charge in [-0.05, 0) is 22.9 Å². The Kier molecular flexibility index (Phi) is 4.35. The predicted molar refractivity (Wildman–Crippen MR) is 58.7 cm³/mol. The van der Waals surface area contributed by atoms with E-state index >= 15 is 0 Å². The second kappa shape index (κ2) is 5.34. The van der Waals surface area contributed by atoms with Crippen LogP contribution in [0, 0.1) is 0 Å². The van der Waals surface area contributed by atoms with Gasteiger partial charge in [0.25, 0.3) is 0 Å². The number of rotatable bonds is 2. The van der Waals surface area contributed by atoms with Crippen molar-refractivity contribution in [2.75, 3.05) is 0 Å². The fraction of sp³-hybridized carbons (Fsp3) is 0.600. The smallest absolute Gasteiger partial charge is 0.303 e. The lowest BCUT2D eigenvalue weighted by molar-refractivity contribution is -0.172. The summed E-state index contributed by atoms with van der Waals surface area (Å²) in [5.74, 6) is -0.888. The third-order valence-electron chi connectivity index (χ3n) is 2.02. The summed E-state index contributed by atoms with van der Waals surface area (Å²) in [5, 5.41) is 0. The molecule has 0 spiro atoms. The Bertz CT molecular complexity index is 325. The molecule has 0 aliphatic carbocycles. The monoisotopic (exact) mass is 292 g/mol. The highest BCUT2D eigenvalue weighted by atomic mass is 79.9. The molecule has 3 atom stereocenters. The second-order valence-corrected chi connectivity index (χ2v) is 4.36. The van der Waals surface area contributed by atoms with Gasteiger partial charge in [0.05, 0.1) is 10.7 Å². The van der Waals surface area contributed by atoms with Crippen LogP contribution in [0.4, 0.5) is 0 Å². The third-order valence-corrected chi connectivity index (χ3v) is 2.66. The molecular formula is C10H13BrO5. The molecular weight excluding hydrogens is 280 g/mol. The molecule has 0 fully saturated rings. The molecule has 1 rings (SSSR count). The first-order chi connectivity index (χ1) is 7.41. The Balaban J connectivity index is 2.85. The van der Waals surface area contributed by atoms with E-state index in [0.717, 1.165) is 0 Å². The van der Waals surface area contributed by atoms with E-state index in [-0.39, 0.29) is 6.10 Å². The number of hydrogen-bond donors (Lipinski definition) is 0. The highest BCUT2D eigenvalue weighted by Crippen LogP contribution is 2.28. The molecule has 16 heavy (non-hydrogen) atoms.